The lowest BCUT2D eigenvalue weighted by Crippen LogP contribution is -2.15. The van der Waals surface area contributed by atoms with E-state index in [1.807, 2.05) is 12.1 Å². The first-order chi connectivity index (χ1) is 11.7. The Hall–Kier alpha value is -1.57. The highest BCUT2D eigenvalue weighted by atomic mass is 16.5. The first-order valence-electron chi connectivity index (χ1n) is 9.55. The molecule has 1 unspecified atom stereocenters. The standard InChI is InChI=1S/C22H34O2/c1-4-6-8-10-12-21(11-9-7-5-2)24-22-17-15-20(16-18-22)14-13-19(3)23/h7,9,15-18,21H,4-6,8,10-14H2,1-3H3. The summed E-state index contributed by atoms with van der Waals surface area (Å²) in [6.07, 6.45) is 14.4. The van der Waals surface area contributed by atoms with Gasteiger partial charge in [-0.1, -0.05) is 57.4 Å². The van der Waals surface area contributed by atoms with E-state index in [4.69, 9.17) is 4.74 Å². The molecule has 0 bridgehead atoms. The molecule has 0 saturated carbocycles. The quantitative estimate of drug-likeness (QED) is 0.314. The summed E-state index contributed by atoms with van der Waals surface area (Å²) in [7, 11) is 0. The van der Waals surface area contributed by atoms with Gasteiger partial charge in [0.15, 0.2) is 0 Å². The number of ketones is 1. The maximum absolute atomic E-state index is 11.1. The zero-order valence-electron chi connectivity index (χ0n) is 15.7. The molecule has 0 spiro atoms. The minimum absolute atomic E-state index is 0.241. The van der Waals surface area contributed by atoms with Crippen molar-refractivity contribution in [2.45, 2.75) is 84.7 Å². The van der Waals surface area contributed by atoms with Crippen molar-refractivity contribution >= 4 is 5.78 Å². The third kappa shape index (κ3) is 9.54. The molecule has 1 atom stereocenters. The van der Waals surface area contributed by atoms with E-state index in [0.29, 0.717) is 6.42 Å². The number of rotatable bonds is 13. The fourth-order valence-electron chi connectivity index (χ4n) is 2.69. The predicted octanol–water partition coefficient (Wildman–Crippen LogP) is 6.28. The van der Waals surface area contributed by atoms with Crippen LogP contribution in [0.25, 0.3) is 0 Å². The van der Waals surface area contributed by atoms with Gasteiger partial charge in [-0.2, -0.15) is 0 Å². The number of benzene rings is 1. The van der Waals surface area contributed by atoms with Gasteiger partial charge >= 0.3 is 0 Å². The van der Waals surface area contributed by atoms with Crippen molar-refractivity contribution in [1.82, 2.24) is 0 Å². The lowest BCUT2D eigenvalue weighted by atomic mass is 10.1. The fraction of sp³-hybridized carbons (Fsp3) is 0.591. The third-order valence-electron chi connectivity index (χ3n) is 4.17. The molecular formula is C22H34O2. The van der Waals surface area contributed by atoms with Crippen LogP contribution >= 0.6 is 0 Å². The highest BCUT2D eigenvalue weighted by molar-refractivity contribution is 5.75. The molecule has 0 N–H and O–H groups in total. The Morgan fingerprint density at radius 2 is 1.83 bits per heavy atom. The van der Waals surface area contributed by atoms with E-state index in [-0.39, 0.29) is 11.9 Å². The molecule has 0 aliphatic heterocycles. The van der Waals surface area contributed by atoms with Crippen LogP contribution in [0.1, 0.15) is 77.7 Å². The van der Waals surface area contributed by atoms with Crippen molar-refractivity contribution in [1.29, 1.82) is 0 Å². The summed E-state index contributed by atoms with van der Waals surface area (Å²) in [5, 5.41) is 0. The van der Waals surface area contributed by atoms with Crippen LogP contribution in [0, 0.1) is 0 Å². The maximum atomic E-state index is 11.1. The molecule has 0 heterocycles. The number of Topliss-reactive ketones (excluding diaryl/α,β-unsaturated/α-hetero) is 1. The zero-order valence-corrected chi connectivity index (χ0v) is 15.7. The van der Waals surface area contributed by atoms with E-state index < -0.39 is 0 Å². The molecule has 2 heteroatoms. The Morgan fingerprint density at radius 1 is 1.08 bits per heavy atom. The topological polar surface area (TPSA) is 26.3 Å². The van der Waals surface area contributed by atoms with Crippen LogP contribution in [0.3, 0.4) is 0 Å². The molecule has 0 saturated heterocycles. The van der Waals surface area contributed by atoms with Gasteiger partial charge in [-0.25, -0.2) is 0 Å². The van der Waals surface area contributed by atoms with Crippen LogP contribution in [0.5, 0.6) is 5.75 Å². The summed E-state index contributed by atoms with van der Waals surface area (Å²) < 4.78 is 6.20. The summed E-state index contributed by atoms with van der Waals surface area (Å²) in [5.74, 6) is 1.18. The third-order valence-corrected chi connectivity index (χ3v) is 4.17. The first kappa shape index (κ1) is 20.5. The van der Waals surface area contributed by atoms with Crippen molar-refractivity contribution in [3.63, 3.8) is 0 Å². The smallest absolute Gasteiger partial charge is 0.130 e. The average Bonchev–Trinajstić information content (AvgIpc) is 2.58. The van der Waals surface area contributed by atoms with Gasteiger partial charge in [-0.3, -0.25) is 0 Å². The van der Waals surface area contributed by atoms with Gasteiger partial charge in [-0.15, -0.1) is 0 Å². The Kier molecular flexibility index (Phi) is 10.9. The molecule has 1 aromatic carbocycles. The van der Waals surface area contributed by atoms with Crippen LogP contribution < -0.4 is 4.74 Å². The zero-order chi connectivity index (χ0) is 17.6. The minimum atomic E-state index is 0.241. The SMILES string of the molecule is CCC=CCC(CCCCCC)Oc1ccc(CCC(C)=O)cc1. The van der Waals surface area contributed by atoms with Gasteiger partial charge in [0, 0.05) is 12.8 Å². The van der Waals surface area contributed by atoms with Crippen LogP contribution in [-0.4, -0.2) is 11.9 Å². The Labute approximate surface area is 148 Å². The van der Waals surface area contributed by atoms with Crippen LogP contribution in [-0.2, 0) is 11.2 Å². The lowest BCUT2D eigenvalue weighted by Gasteiger charge is -2.18. The largest absolute Gasteiger partial charge is 0.490 e. The highest BCUT2D eigenvalue weighted by Crippen LogP contribution is 2.19. The van der Waals surface area contributed by atoms with Crippen molar-refractivity contribution in [2.75, 3.05) is 0 Å². The number of allylic oxidation sites excluding steroid dienone is 1. The number of unbranched alkanes of at least 4 members (excludes halogenated alkanes) is 3. The number of carbonyl (C=O) groups excluding carboxylic acids is 1. The second kappa shape index (κ2) is 12.8. The maximum Gasteiger partial charge on any atom is 0.130 e. The van der Waals surface area contributed by atoms with E-state index in [1.165, 1.54) is 31.2 Å². The van der Waals surface area contributed by atoms with Gasteiger partial charge in [0.25, 0.3) is 0 Å². The van der Waals surface area contributed by atoms with E-state index >= 15 is 0 Å². The summed E-state index contributed by atoms with van der Waals surface area (Å²) in [6, 6.07) is 8.23. The van der Waals surface area contributed by atoms with Crippen molar-refractivity contribution in [3.05, 3.63) is 42.0 Å². The molecule has 0 aliphatic rings. The average molecular weight is 331 g/mol. The van der Waals surface area contributed by atoms with Gasteiger partial charge in [-0.05, 0) is 50.3 Å². The lowest BCUT2D eigenvalue weighted by molar-refractivity contribution is -0.116. The highest BCUT2D eigenvalue weighted by Gasteiger charge is 2.09. The van der Waals surface area contributed by atoms with Gasteiger partial charge in [0.1, 0.15) is 17.6 Å². The monoisotopic (exact) mass is 330 g/mol. The minimum Gasteiger partial charge on any atom is -0.490 e. The Bertz CT molecular complexity index is 473. The molecule has 24 heavy (non-hydrogen) atoms. The first-order valence-corrected chi connectivity index (χ1v) is 9.55. The van der Waals surface area contributed by atoms with E-state index in [2.05, 4.69) is 38.1 Å². The number of aryl methyl sites for hydroxylation is 1. The molecule has 1 aromatic rings. The Balaban J connectivity index is 2.53. The normalized spacial score (nSPS) is 12.5. The van der Waals surface area contributed by atoms with Crippen molar-refractivity contribution in [2.24, 2.45) is 0 Å². The fourth-order valence-corrected chi connectivity index (χ4v) is 2.69. The predicted molar refractivity (Wildman–Crippen MR) is 103 cm³/mol. The molecule has 0 fully saturated rings. The van der Waals surface area contributed by atoms with E-state index in [9.17, 15) is 4.79 Å². The molecule has 0 aromatic heterocycles. The van der Waals surface area contributed by atoms with Crippen LogP contribution in [0.2, 0.25) is 0 Å². The summed E-state index contributed by atoms with van der Waals surface area (Å²) in [6.45, 7) is 6.05. The number of ether oxygens (including phenoxy) is 1. The van der Waals surface area contributed by atoms with Crippen LogP contribution in [0.4, 0.5) is 0 Å². The number of carbonyl (C=O) groups is 1. The molecular weight excluding hydrogens is 296 g/mol. The van der Waals surface area contributed by atoms with Crippen LogP contribution in [0.15, 0.2) is 36.4 Å². The molecule has 0 amide bonds. The molecule has 1 rings (SSSR count). The summed E-state index contributed by atoms with van der Waals surface area (Å²) in [5.41, 5.74) is 1.20. The summed E-state index contributed by atoms with van der Waals surface area (Å²) in [4.78, 5) is 11.1. The number of hydrogen-bond acceptors (Lipinski definition) is 2. The molecule has 2 nitrogen and oxygen atoms in total. The second-order valence-electron chi connectivity index (χ2n) is 6.55. The van der Waals surface area contributed by atoms with E-state index in [1.54, 1.807) is 6.92 Å². The number of hydrogen-bond donors (Lipinski definition) is 0. The van der Waals surface area contributed by atoms with Crippen molar-refractivity contribution < 1.29 is 9.53 Å². The van der Waals surface area contributed by atoms with Gasteiger partial charge < -0.3 is 9.53 Å². The molecule has 0 radical (unpaired) electrons. The second-order valence-corrected chi connectivity index (χ2v) is 6.55. The summed E-state index contributed by atoms with van der Waals surface area (Å²) >= 11 is 0. The molecule has 0 aliphatic carbocycles. The molecule has 134 valence electrons. The van der Waals surface area contributed by atoms with E-state index in [0.717, 1.165) is 31.4 Å². The van der Waals surface area contributed by atoms with Crippen molar-refractivity contribution in [3.8, 4) is 5.75 Å². The Morgan fingerprint density at radius 3 is 2.46 bits per heavy atom. The van der Waals surface area contributed by atoms with Gasteiger partial charge in [0.2, 0.25) is 0 Å². The van der Waals surface area contributed by atoms with Gasteiger partial charge in [0.05, 0.1) is 0 Å².